The number of nitro benzene ring substituents is 1. The molecule has 0 bridgehead atoms. The predicted octanol–water partition coefficient (Wildman–Crippen LogP) is 3.93. The summed E-state index contributed by atoms with van der Waals surface area (Å²) < 4.78 is 5.58. The minimum Gasteiger partial charge on any atom is -0.496 e. The molecule has 11 heteroatoms. The van der Waals surface area contributed by atoms with E-state index in [0.717, 1.165) is 5.69 Å². The highest BCUT2D eigenvalue weighted by Gasteiger charge is 2.17. The Labute approximate surface area is 168 Å². The number of carbonyl (C=O) groups excluding carboxylic acids is 1. The molecule has 3 aromatic rings. The zero-order valence-electron chi connectivity index (χ0n) is 14.6. The first kappa shape index (κ1) is 19.6. The molecule has 1 aromatic heterocycles. The number of hydrogen-bond acceptors (Lipinski definition) is 9. The normalized spacial score (nSPS) is 10.3. The molecule has 0 atom stereocenters. The number of benzene rings is 2. The lowest BCUT2D eigenvalue weighted by atomic mass is 10.2. The maximum absolute atomic E-state index is 12.2. The topological polar surface area (TPSA) is 119 Å². The molecule has 0 unspecified atom stereocenters. The van der Waals surface area contributed by atoms with E-state index in [1.807, 2.05) is 30.3 Å². The molecule has 2 N–H and O–H groups in total. The quantitative estimate of drug-likeness (QED) is 0.321. The van der Waals surface area contributed by atoms with Crippen molar-refractivity contribution < 1.29 is 14.5 Å². The fourth-order valence-corrected chi connectivity index (χ4v) is 3.74. The van der Waals surface area contributed by atoms with E-state index in [1.165, 1.54) is 42.3 Å². The van der Waals surface area contributed by atoms with Gasteiger partial charge in [-0.05, 0) is 24.3 Å². The maximum atomic E-state index is 12.2. The van der Waals surface area contributed by atoms with Gasteiger partial charge in [0.25, 0.3) is 5.69 Å². The van der Waals surface area contributed by atoms with Crippen molar-refractivity contribution in [1.82, 2.24) is 10.2 Å². The summed E-state index contributed by atoms with van der Waals surface area (Å²) in [6, 6.07) is 13.8. The number of nitro groups is 1. The van der Waals surface area contributed by atoms with Crippen LogP contribution < -0.4 is 15.4 Å². The summed E-state index contributed by atoms with van der Waals surface area (Å²) >= 11 is 2.51. The van der Waals surface area contributed by atoms with E-state index in [4.69, 9.17) is 4.74 Å². The number of hydrogen-bond donors (Lipinski definition) is 2. The van der Waals surface area contributed by atoms with Crippen LogP contribution in [0.15, 0.2) is 52.9 Å². The van der Waals surface area contributed by atoms with Crippen LogP contribution in [0.2, 0.25) is 0 Å². The molecule has 1 amide bonds. The van der Waals surface area contributed by atoms with Gasteiger partial charge in [0, 0.05) is 5.69 Å². The number of carbonyl (C=O) groups is 1. The Morgan fingerprint density at radius 2 is 2.04 bits per heavy atom. The van der Waals surface area contributed by atoms with Gasteiger partial charge < -0.3 is 15.4 Å². The standard InChI is InChI=1S/C17H15N5O4S2/c1-26-12-7-8-13(14(9-12)22(24)25)19-15(23)10-27-17-21-20-16(28-17)18-11-5-3-2-4-6-11/h2-9H,10H2,1H3,(H,18,20)(H,19,23). The number of ether oxygens (including phenoxy) is 1. The Morgan fingerprint density at radius 3 is 2.75 bits per heavy atom. The smallest absolute Gasteiger partial charge is 0.296 e. The highest BCUT2D eigenvalue weighted by molar-refractivity contribution is 8.01. The lowest BCUT2D eigenvalue weighted by Gasteiger charge is -2.07. The average molecular weight is 417 g/mol. The van der Waals surface area contributed by atoms with Crippen LogP contribution in [-0.4, -0.2) is 33.9 Å². The Balaban J connectivity index is 1.57. The fraction of sp³-hybridized carbons (Fsp3) is 0.118. The first-order chi connectivity index (χ1) is 13.5. The summed E-state index contributed by atoms with van der Waals surface area (Å²) in [6.07, 6.45) is 0. The van der Waals surface area contributed by atoms with Gasteiger partial charge in [-0.25, -0.2) is 0 Å². The van der Waals surface area contributed by atoms with Gasteiger partial charge in [-0.2, -0.15) is 0 Å². The van der Waals surface area contributed by atoms with Crippen molar-refractivity contribution in [1.29, 1.82) is 0 Å². The van der Waals surface area contributed by atoms with Crippen LogP contribution in [0.4, 0.5) is 22.2 Å². The fourth-order valence-electron chi connectivity index (χ4n) is 2.17. The van der Waals surface area contributed by atoms with Crippen molar-refractivity contribution in [2.24, 2.45) is 0 Å². The first-order valence-electron chi connectivity index (χ1n) is 7.96. The number of aromatic nitrogens is 2. The third kappa shape index (κ3) is 5.18. The highest BCUT2D eigenvalue weighted by Crippen LogP contribution is 2.30. The average Bonchev–Trinajstić information content (AvgIpc) is 3.14. The van der Waals surface area contributed by atoms with Crippen molar-refractivity contribution >= 4 is 51.2 Å². The Bertz CT molecular complexity index is 981. The number of nitrogens with one attached hydrogen (secondary N) is 2. The van der Waals surface area contributed by atoms with Crippen LogP contribution in [0, 0.1) is 10.1 Å². The minimum absolute atomic E-state index is 0.0448. The summed E-state index contributed by atoms with van der Waals surface area (Å²) in [5.74, 6) is 0.000735. The van der Waals surface area contributed by atoms with Crippen molar-refractivity contribution in [3.63, 3.8) is 0 Å². The first-order valence-corrected chi connectivity index (χ1v) is 9.76. The molecule has 0 spiro atoms. The molecular weight excluding hydrogens is 402 g/mol. The molecule has 0 aliphatic rings. The van der Waals surface area contributed by atoms with Gasteiger partial charge in [-0.15, -0.1) is 10.2 Å². The monoisotopic (exact) mass is 417 g/mol. The molecule has 0 radical (unpaired) electrons. The van der Waals surface area contributed by atoms with Crippen LogP contribution in [0.5, 0.6) is 5.75 Å². The van der Waals surface area contributed by atoms with Gasteiger partial charge in [0.1, 0.15) is 11.4 Å². The van der Waals surface area contributed by atoms with Crippen LogP contribution >= 0.6 is 23.1 Å². The molecule has 0 aliphatic heterocycles. The summed E-state index contributed by atoms with van der Waals surface area (Å²) in [6.45, 7) is 0. The molecule has 1 heterocycles. The SMILES string of the molecule is COc1ccc(NC(=O)CSc2nnc(Nc3ccccc3)s2)c([N+](=O)[O-])c1. The van der Waals surface area contributed by atoms with E-state index in [0.29, 0.717) is 15.2 Å². The van der Waals surface area contributed by atoms with Crippen molar-refractivity contribution in [2.75, 3.05) is 23.5 Å². The Hall–Kier alpha value is -3.18. The van der Waals surface area contributed by atoms with E-state index < -0.39 is 4.92 Å². The lowest BCUT2D eigenvalue weighted by Crippen LogP contribution is -2.15. The van der Waals surface area contributed by atoms with E-state index in [9.17, 15) is 14.9 Å². The van der Waals surface area contributed by atoms with E-state index in [1.54, 1.807) is 6.07 Å². The third-order valence-electron chi connectivity index (χ3n) is 3.43. The number of para-hydroxylation sites is 1. The van der Waals surface area contributed by atoms with E-state index >= 15 is 0 Å². The van der Waals surface area contributed by atoms with Crippen molar-refractivity contribution in [3.8, 4) is 5.75 Å². The Morgan fingerprint density at radius 1 is 1.25 bits per heavy atom. The predicted molar refractivity (Wildman–Crippen MR) is 109 cm³/mol. The number of anilines is 3. The largest absolute Gasteiger partial charge is 0.496 e. The maximum Gasteiger partial charge on any atom is 0.296 e. The van der Waals surface area contributed by atoms with Gasteiger partial charge in [0.2, 0.25) is 11.0 Å². The van der Waals surface area contributed by atoms with E-state index in [2.05, 4.69) is 20.8 Å². The van der Waals surface area contributed by atoms with Gasteiger partial charge in [-0.3, -0.25) is 14.9 Å². The van der Waals surface area contributed by atoms with Crippen LogP contribution in [-0.2, 0) is 4.79 Å². The highest BCUT2D eigenvalue weighted by atomic mass is 32.2. The molecule has 0 saturated carbocycles. The zero-order chi connectivity index (χ0) is 19.9. The molecule has 0 fully saturated rings. The second-order valence-electron chi connectivity index (χ2n) is 5.34. The molecule has 2 aromatic carbocycles. The molecule has 28 heavy (non-hydrogen) atoms. The van der Waals surface area contributed by atoms with Gasteiger partial charge >= 0.3 is 0 Å². The summed E-state index contributed by atoms with van der Waals surface area (Å²) in [5, 5.41) is 25.5. The Kier molecular flexibility index (Phi) is 6.40. The van der Waals surface area contributed by atoms with Crippen LogP contribution in [0.3, 0.4) is 0 Å². The number of nitrogens with zero attached hydrogens (tertiary/aromatic N) is 3. The second kappa shape index (κ2) is 9.15. The minimum atomic E-state index is -0.572. The van der Waals surface area contributed by atoms with Gasteiger partial charge in [-0.1, -0.05) is 41.3 Å². The van der Waals surface area contributed by atoms with Crippen molar-refractivity contribution in [3.05, 3.63) is 58.6 Å². The number of methoxy groups -OCH3 is 1. The number of amides is 1. The molecule has 3 rings (SSSR count). The number of thioether (sulfide) groups is 1. The van der Waals surface area contributed by atoms with Crippen LogP contribution in [0.25, 0.3) is 0 Å². The number of rotatable bonds is 8. The molecular formula is C17H15N5O4S2. The van der Waals surface area contributed by atoms with Crippen molar-refractivity contribution in [2.45, 2.75) is 4.34 Å². The van der Waals surface area contributed by atoms with Crippen LogP contribution in [0.1, 0.15) is 0 Å². The lowest BCUT2D eigenvalue weighted by molar-refractivity contribution is -0.384. The molecule has 0 saturated heterocycles. The summed E-state index contributed by atoms with van der Waals surface area (Å²) in [7, 11) is 1.41. The van der Waals surface area contributed by atoms with Gasteiger partial charge in [0.15, 0.2) is 4.34 Å². The van der Waals surface area contributed by atoms with E-state index in [-0.39, 0.29) is 23.0 Å². The summed E-state index contributed by atoms with van der Waals surface area (Å²) in [4.78, 5) is 22.8. The second-order valence-corrected chi connectivity index (χ2v) is 7.54. The summed E-state index contributed by atoms with van der Waals surface area (Å²) in [5.41, 5.74) is 0.766. The molecule has 144 valence electrons. The third-order valence-corrected chi connectivity index (χ3v) is 5.41. The van der Waals surface area contributed by atoms with Gasteiger partial charge in [0.05, 0.1) is 23.9 Å². The molecule has 0 aliphatic carbocycles. The zero-order valence-corrected chi connectivity index (χ0v) is 16.3. The molecule has 9 nitrogen and oxygen atoms in total.